The smallest absolute Gasteiger partial charge is 0.329 e. The number of aliphatic carboxylic acids is 2. The van der Waals surface area contributed by atoms with E-state index < -0.39 is 41.5 Å². The molecule has 0 aromatic heterocycles. The maximum atomic E-state index is 13.1. The average Bonchev–Trinajstić information content (AvgIpc) is 3.15. The Morgan fingerprint density at radius 3 is 2.46 bits per heavy atom. The molecule has 2 bridgehead atoms. The van der Waals surface area contributed by atoms with Gasteiger partial charge in [-0.15, -0.1) is 0 Å². The number of hydrogen-bond acceptors (Lipinski definition) is 4. The normalized spacial score (nSPS) is 46.4. The van der Waals surface area contributed by atoms with E-state index in [-0.39, 0.29) is 11.9 Å². The third-order valence-electron chi connectivity index (χ3n) is 6.21. The molecule has 1 aliphatic carbocycles. The first-order chi connectivity index (χ1) is 11.4. The molecule has 2 N–H and O–H groups in total. The number of amides is 1. The zero-order valence-electron chi connectivity index (χ0n) is 13.4. The van der Waals surface area contributed by atoms with Crippen molar-refractivity contribution in [3.05, 3.63) is 12.2 Å². The van der Waals surface area contributed by atoms with Crippen LogP contribution >= 0.6 is 0 Å². The van der Waals surface area contributed by atoms with Gasteiger partial charge in [0.05, 0.1) is 12.0 Å². The summed E-state index contributed by atoms with van der Waals surface area (Å²) in [6.45, 7) is 2.15. The standard InChI is InChI=1S/C17H21NO6/c1-8-2-4-9(5-3-8)18-13(16(22)23)17-7-6-10(24-17)11(15(20)21)12(17)14(18)19/h6-13H,2-5H2,1H3,(H,20,21)(H,22,23). The molecular weight excluding hydrogens is 314 g/mol. The molecule has 4 aliphatic rings. The minimum Gasteiger partial charge on any atom is -0.481 e. The molecule has 130 valence electrons. The predicted octanol–water partition coefficient (Wildman–Crippen LogP) is 0.885. The van der Waals surface area contributed by atoms with Gasteiger partial charge in [0.2, 0.25) is 5.91 Å². The molecule has 2 saturated heterocycles. The molecule has 0 aromatic carbocycles. The second-order valence-corrected chi connectivity index (χ2v) is 7.54. The first kappa shape index (κ1) is 15.6. The minimum absolute atomic E-state index is 0.153. The number of nitrogens with zero attached hydrogens (tertiary/aromatic N) is 1. The fourth-order valence-corrected chi connectivity index (χ4v) is 5.08. The molecule has 1 spiro atoms. The van der Waals surface area contributed by atoms with Gasteiger partial charge in [-0.1, -0.05) is 19.1 Å². The molecule has 3 fully saturated rings. The van der Waals surface area contributed by atoms with Gasteiger partial charge < -0.3 is 19.8 Å². The Kier molecular flexibility index (Phi) is 3.29. The van der Waals surface area contributed by atoms with Crippen LogP contribution in [0.25, 0.3) is 0 Å². The number of likely N-dealkylation sites (tertiary alicyclic amines) is 1. The molecule has 24 heavy (non-hydrogen) atoms. The highest BCUT2D eigenvalue weighted by Gasteiger charge is 2.73. The molecule has 0 aromatic rings. The van der Waals surface area contributed by atoms with Crippen molar-refractivity contribution in [3.8, 4) is 0 Å². The van der Waals surface area contributed by atoms with E-state index in [1.807, 2.05) is 0 Å². The van der Waals surface area contributed by atoms with Crippen LogP contribution in [0.1, 0.15) is 32.6 Å². The molecule has 7 heteroatoms. The lowest BCUT2D eigenvalue weighted by molar-refractivity contribution is -0.156. The van der Waals surface area contributed by atoms with Gasteiger partial charge in [0, 0.05) is 6.04 Å². The van der Waals surface area contributed by atoms with Gasteiger partial charge in [-0.2, -0.15) is 0 Å². The lowest BCUT2D eigenvalue weighted by atomic mass is 9.75. The van der Waals surface area contributed by atoms with Crippen LogP contribution in [-0.4, -0.2) is 56.7 Å². The van der Waals surface area contributed by atoms with Crippen molar-refractivity contribution in [2.45, 2.75) is 56.4 Å². The summed E-state index contributed by atoms with van der Waals surface area (Å²) < 4.78 is 5.81. The van der Waals surface area contributed by atoms with Crippen LogP contribution in [0.15, 0.2) is 12.2 Å². The van der Waals surface area contributed by atoms with Crippen molar-refractivity contribution < 1.29 is 29.3 Å². The Hall–Kier alpha value is -1.89. The van der Waals surface area contributed by atoms with Crippen molar-refractivity contribution >= 4 is 17.8 Å². The maximum absolute atomic E-state index is 13.1. The van der Waals surface area contributed by atoms with Crippen molar-refractivity contribution in [3.63, 3.8) is 0 Å². The molecule has 5 unspecified atom stereocenters. The SMILES string of the molecule is CC1CCC(N2C(=O)C3C(C(=O)O)C4C=CC3(O4)C2C(=O)O)CC1. The summed E-state index contributed by atoms with van der Waals surface area (Å²) >= 11 is 0. The predicted molar refractivity (Wildman–Crippen MR) is 81.0 cm³/mol. The summed E-state index contributed by atoms with van der Waals surface area (Å²) in [5.41, 5.74) is -1.33. The van der Waals surface area contributed by atoms with Crippen LogP contribution < -0.4 is 0 Å². The van der Waals surface area contributed by atoms with Gasteiger partial charge in [-0.05, 0) is 31.6 Å². The Bertz CT molecular complexity index is 637. The van der Waals surface area contributed by atoms with Crippen molar-refractivity contribution in [1.82, 2.24) is 4.90 Å². The summed E-state index contributed by atoms with van der Waals surface area (Å²) in [6.07, 6.45) is 5.90. The summed E-state index contributed by atoms with van der Waals surface area (Å²) in [6, 6.07) is -1.29. The van der Waals surface area contributed by atoms with Crippen LogP contribution in [-0.2, 0) is 19.1 Å². The van der Waals surface area contributed by atoms with Crippen molar-refractivity contribution in [2.24, 2.45) is 17.8 Å². The van der Waals surface area contributed by atoms with Crippen LogP contribution in [0.5, 0.6) is 0 Å². The van der Waals surface area contributed by atoms with E-state index >= 15 is 0 Å². The van der Waals surface area contributed by atoms with Gasteiger partial charge in [-0.25, -0.2) is 4.79 Å². The second-order valence-electron chi connectivity index (χ2n) is 7.54. The highest BCUT2D eigenvalue weighted by molar-refractivity contribution is 5.97. The number of carboxylic acid groups (broad SMARTS) is 2. The van der Waals surface area contributed by atoms with E-state index in [0.717, 1.165) is 25.7 Å². The zero-order valence-corrected chi connectivity index (χ0v) is 13.4. The molecule has 3 aliphatic heterocycles. The highest BCUT2D eigenvalue weighted by Crippen LogP contribution is 2.56. The summed E-state index contributed by atoms with van der Waals surface area (Å²) in [5, 5.41) is 19.3. The third-order valence-corrected chi connectivity index (χ3v) is 6.21. The number of carboxylic acids is 2. The second kappa shape index (κ2) is 5.05. The fraction of sp³-hybridized carbons (Fsp3) is 0.706. The molecule has 4 rings (SSSR count). The van der Waals surface area contributed by atoms with E-state index in [4.69, 9.17) is 4.74 Å². The van der Waals surface area contributed by atoms with Gasteiger partial charge in [0.25, 0.3) is 0 Å². The highest BCUT2D eigenvalue weighted by atomic mass is 16.5. The molecule has 1 amide bonds. The Morgan fingerprint density at radius 1 is 1.21 bits per heavy atom. The Balaban J connectivity index is 1.74. The number of carbonyl (C=O) groups is 3. The molecule has 5 atom stereocenters. The third kappa shape index (κ3) is 1.84. The quantitative estimate of drug-likeness (QED) is 0.742. The summed E-state index contributed by atoms with van der Waals surface area (Å²) in [5.74, 6) is -3.98. The topological polar surface area (TPSA) is 104 Å². The van der Waals surface area contributed by atoms with Crippen LogP contribution in [0, 0.1) is 17.8 Å². The summed E-state index contributed by atoms with van der Waals surface area (Å²) in [7, 11) is 0. The number of hydrogen-bond donors (Lipinski definition) is 2. The molecule has 7 nitrogen and oxygen atoms in total. The van der Waals surface area contributed by atoms with E-state index in [9.17, 15) is 24.6 Å². The zero-order chi connectivity index (χ0) is 17.2. The van der Waals surface area contributed by atoms with Gasteiger partial charge in [0.1, 0.15) is 11.5 Å². The monoisotopic (exact) mass is 335 g/mol. The van der Waals surface area contributed by atoms with E-state index in [1.165, 1.54) is 4.90 Å². The van der Waals surface area contributed by atoms with Gasteiger partial charge in [0.15, 0.2) is 6.04 Å². The summed E-state index contributed by atoms with van der Waals surface area (Å²) in [4.78, 5) is 38.2. The van der Waals surface area contributed by atoms with Crippen molar-refractivity contribution in [1.29, 1.82) is 0 Å². The first-order valence-corrected chi connectivity index (χ1v) is 8.52. The maximum Gasteiger partial charge on any atom is 0.329 e. The first-order valence-electron chi connectivity index (χ1n) is 8.52. The largest absolute Gasteiger partial charge is 0.481 e. The fourth-order valence-electron chi connectivity index (χ4n) is 5.08. The minimum atomic E-state index is -1.33. The number of carbonyl (C=O) groups excluding carboxylic acids is 1. The molecule has 3 heterocycles. The molecule has 1 saturated carbocycles. The number of rotatable bonds is 3. The van der Waals surface area contributed by atoms with E-state index in [1.54, 1.807) is 12.2 Å². The van der Waals surface area contributed by atoms with Gasteiger partial charge in [-0.3, -0.25) is 9.59 Å². The number of fused-ring (bicyclic) bond motifs is 1. The van der Waals surface area contributed by atoms with Crippen LogP contribution in [0.4, 0.5) is 0 Å². The molecule has 0 radical (unpaired) electrons. The average molecular weight is 335 g/mol. The van der Waals surface area contributed by atoms with Crippen LogP contribution in [0.3, 0.4) is 0 Å². The van der Waals surface area contributed by atoms with E-state index in [0.29, 0.717) is 5.92 Å². The van der Waals surface area contributed by atoms with Gasteiger partial charge >= 0.3 is 11.9 Å². The van der Waals surface area contributed by atoms with E-state index in [2.05, 4.69) is 6.92 Å². The number of ether oxygens (including phenoxy) is 1. The Labute approximate surface area is 139 Å². The van der Waals surface area contributed by atoms with Crippen LogP contribution in [0.2, 0.25) is 0 Å². The lowest BCUT2D eigenvalue weighted by Gasteiger charge is -2.38. The lowest BCUT2D eigenvalue weighted by Crippen LogP contribution is -2.54. The molecular formula is C17H21NO6. The van der Waals surface area contributed by atoms with Crippen molar-refractivity contribution in [2.75, 3.05) is 0 Å². The Morgan fingerprint density at radius 2 is 1.88 bits per heavy atom.